The van der Waals surface area contributed by atoms with Gasteiger partial charge in [0.05, 0.1) is 18.6 Å². The van der Waals surface area contributed by atoms with Gasteiger partial charge in [0, 0.05) is 29.0 Å². The van der Waals surface area contributed by atoms with Gasteiger partial charge in [-0.25, -0.2) is 4.79 Å². The van der Waals surface area contributed by atoms with E-state index in [-0.39, 0.29) is 11.4 Å². The van der Waals surface area contributed by atoms with Gasteiger partial charge >= 0.3 is 5.97 Å². The molecule has 1 aliphatic carbocycles. The topological polar surface area (TPSA) is 75.6 Å². The molecule has 2 N–H and O–H groups in total. The van der Waals surface area contributed by atoms with Crippen molar-refractivity contribution in [2.45, 2.75) is 32.1 Å². The molecule has 2 aromatic rings. The summed E-state index contributed by atoms with van der Waals surface area (Å²) in [7, 11) is 1.57. The van der Waals surface area contributed by atoms with Gasteiger partial charge in [-0.1, -0.05) is 30.3 Å². The highest BCUT2D eigenvalue weighted by Gasteiger charge is 2.40. The number of nitrogens with one attached hydrogen (secondary N) is 1. The maximum Gasteiger partial charge on any atom is 0.334 e. The first kappa shape index (κ1) is 17.3. The zero-order chi connectivity index (χ0) is 19.1. The molecule has 27 heavy (non-hydrogen) atoms. The minimum atomic E-state index is -1.02. The van der Waals surface area contributed by atoms with E-state index in [2.05, 4.69) is 5.32 Å². The molecular formula is C22H21NO4. The van der Waals surface area contributed by atoms with Crippen LogP contribution in [-0.4, -0.2) is 24.0 Å². The Bertz CT molecular complexity index is 1030. The van der Waals surface area contributed by atoms with E-state index in [0.717, 1.165) is 34.9 Å². The van der Waals surface area contributed by atoms with Crippen molar-refractivity contribution in [3.63, 3.8) is 0 Å². The quantitative estimate of drug-likeness (QED) is 0.865. The summed E-state index contributed by atoms with van der Waals surface area (Å²) in [6.07, 6.45) is 1.96. The smallest absolute Gasteiger partial charge is 0.334 e. The summed E-state index contributed by atoms with van der Waals surface area (Å²) in [5, 5.41) is 15.1. The lowest BCUT2D eigenvalue weighted by atomic mass is 9.74. The van der Waals surface area contributed by atoms with Gasteiger partial charge < -0.3 is 15.2 Å². The summed E-state index contributed by atoms with van der Waals surface area (Å²) in [6, 6.07) is 11.6. The summed E-state index contributed by atoms with van der Waals surface area (Å²) < 4.78 is 5.62. The molecule has 1 unspecified atom stereocenters. The molecular weight excluding hydrogens is 342 g/mol. The number of fused-ring (bicyclic) bond motifs is 1. The molecule has 0 bridgehead atoms. The van der Waals surface area contributed by atoms with E-state index < -0.39 is 11.9 Å². The van der Waals surface area contributed by atoms with Crippen molar-refractivity contribution in [1.82, 2.24) is 5.32 Å². The number of hydrogen-bond acceptors (Lipinski definition) is 4. The van der Waals surface area contributed by atoms with E-state index in [1.54, 1.807) is 14.0 Å². The molecule has 5 nitrogen and oxygen atoms in total. The Morgan fingerprint density at radius 1 is 1.19 bits per heavy atom. The molecule has 0 saturated heterocycles. The maximum absolute atomic E-state index is 12.9. The number of ether oxygens (including phenoxy) is 1. The van der Waals surface area contributed by atoms with Crippen LogP contribution in [0.25, 0.3) is 10.8 Å². The average molecular weight is 363 g/mol. The molecule has 0 fully saturated rings. The highest BCUT2D eigenvalue weighted by atomic mass is 16.5. The van der Waals surface area contributed by atoms with Gasteiger partial charge in [-0.2, -0.15) is 0 Å². The Hall–Kier alpha value is -3.08. The summed E-state index contributed by atoms with van der Waals surface area (Å²) in [5.74, 6) is -1.06. The average Bonchev–Trinajstić information content (AvgIpc) is 2.66. The maximum atomic E-state index is 12.9. The molecule has 2 aromatic carbocycles. The zero-order valence-electron chi connectivity index (χ0n) is 15.3. The third-order valence-corrected chi connectivity index (χ3v) is 5.45. The fourth-order valence-electron chi connectivity index (χ4n) is 4.31. The monoisotopic (exact) mass is 363 g/mol. The summed E-state index contributed by atoms with van der Waals surface area (Å²) >= 11 is 0. The van der Waals surface area contributed by atoms with E-state index in [0.29, 0.717) is 23.4 Å². The largest absolute Gasteiger partial charge is 0.496 e. The number of Topliss-reactive ketones (excluding diaryl/α,β-unsaturated/α-hetero) is 1. The number of rotatable bonds is 3. The summed E-state index contributed by atoms with van der Waals surface area (Å²) in [5.41, 5.74) is 2.94. The van der Waals surface area contributed by atoms with Crippen molar-refractivity contribution in [1.29, 1.82) is 0 Å². The molecule has 1 aliphatic heterocycles. The molecule has 5 heteroatoms. The number of hydrogen-bond donors (Lipinski definition) is 2. The number of dihydropyridines is 1. The highest BCUT2D eigenvalue weighted by Crippen LogP contribution is 2.47. The Balaban J connectivity index is 2.08. The van der Waals surface area contributed by atoms with Crippen molar-refractivity contribution < 1.29 is 19.4 Å². The van der Waals surface area contributed by atoms with Crippen LogP contribution < -0.4 is 10.1 Å². The molecule has 0 amide bonds. The van der Waals surface area contributed by atoms with E-state index in [1.165, 1.54) is 0 Å². The number of carbonyl (C=O) groups is 2. The minimum absolute atomic E-state index is 0.00925. The van der Waals surface area contributed by atoms with Gasteiger partial charge in [-0.3, -0.25) is 4.79 Å². The van der Waals surface area contributed by atoms with Gasteiger partial charge in [0.1, 0.15) is 5.75 Å². The van der Waals surface area contributed by atoms with Crippen molar-refractivity contribution in [3.8, 4) is 5.75 Å². The van der Waals surface area contributed by atoms with Crippen molar-refractivity contribution in [3.05, 3.63) is 64.5 Å². The van der Waals surface area contributed by atoms with Crippen molar-refractivity contribution in [2.24, 2.45) is 0 Å². The lowest BCUT2D eigenvalue weighted by Gasteiger charge is -2.34. The molecule has 1 heterocycles. The van der Waals surface area contributed by atoms with E-state index >= 15 is 0 Å². The van der Waals surface area contributed by atoms with Crippen molar-refractivity contribution in [2.75, 3.05) is 7.11 Å². The third-order valence-electron chi connectivity index (χ3n) is 5.45. The van der Waals surface area contributed by atoms with E-state index in [4.69, 9.17) is 4.74 Å². The van der Waals surface area contributed by atoms with Crippen LogP contribution in [-0.2, 0) is 9.59 Å². The van der Waals surface area contributed by atoms with Crippen LogP contribution in [0, 0.1) is 0 Å². The summed E-state index contributed by atoms with van der Waals surface area (Å²) in [4.78, 5) is 25.1. The van der Waals surface area contributed by atoms with Crippen LogP contribution >= 0.6 is 0 Å². The molecule has 0 aromatic heterocycles. The second-order valence-electron chi connectivity index (χ2n) is 6.97. The fourth-order valence-corrected chi connectivity index (χ4v) is 4.31. The van der Waals surface area contributed by atoms with Crippen LogP contribution in [0.1, 0.15) is 37.7 Å². The first-order chi connectivity index (χ1) is 13.0. The van der Waals surface area contributed by atoms with Gasteiger partial charge in [0.15, 0.2) is 5.78 Å². The summed E-state index contributed by atoms with van der Waals surface area (Å²) in [6.45, 7) is 1.76. The molecule has 2 aliphatic rings. The predicted octanol–water partition coefficient (Wildman–Crippen LogP) is 3.90. The van der Waals surface area contributed by atoms with Crippen LogP contribution in [0.2, 0.25) is 0 Å². The van der Waals surface area contributed by atoms with Gasteiger partial charge in [-0.15, -0.1) is 0 Å². The SMILES string of the molecule is COc1ccc2ccccc2c1C1C(C(=O)O)=C(C)NC2=C1C(=O)CCC2. The zero-order valence-corrected chi connectivity index (χ0v) is 15.3. The van der Waals surface area contributed by atoms with Crippen LogP contribution in [0.3, 0.4) is 0 Å². The Kier molecular flexibility index (Phi) is 4.22. The lowest BCUT2D eigenvalue weighted by molar-refractivity contribution is -0.133. The standard InChI is InChI=1S/C22H21NO4/c1-12-18(22(25)26)21(20-15(23-12)8-5-9-16(20)24)19-14-7-4-3-6-13(14)10-11-17(19)27-2/h3-4,6-7,10-11,21,23H,5,8-9H2,1-2H3,(H,25,26). The molecule has 138 valence electrons. The van der Waals surface area contributed by atoms with E-state index in [9.17, 15) is 14.7 Å². The molecule has 1 atom stereocenters. The number of carbonyl (C=O) groups excluding carboxylic acids is 1. The number of benzene rings is 2. The molecule has 0 radical (unpaired) electrons. The Morgan fingerprint density at radius 3 is 2.70 bits per heavy atom. The van der Waals surface area contributed by atoms with Crippen LogP contribution in [0.5, 0.6) is 5.75 Å². The lowest BCUT2D eigenvalue weighted by Crippen LogP contribution is -2.34. The first-order valence-corrected chi connectivity index (χ1v) is 9.06. The van der Waals surface area contributed by atoms with Crippen LogP contribution in [0.4, 0.5) is 0 Å². The number of methoxy groups -OCH3 is 1. The van der Waals surface area contributed by atoms with Gasteiger partial charge in [-0.05, 0) is 36.6 Å². The Labute approximate surface area is 157 Å². The fraction of sp³-hybridized carbons (Fsp3) is 0.273. The number of ketones is 1. The van der Waals surface area contributed by atoms with Gasteiger partial charge in [0.2, 0.25) is 0 Å². The minimum Gasteiger partial charge on any atom is -0.496 e. The number of carboxylic acid groups (broad SMARTS) is 1. The Morgan fingerprint density at radius 2 is 1.96 bits per heavy atom. The molecule has 0 spiro atoms. The first-order valence-electron chi connectivity index (χ1n) is 9.06. The second-order valence-corrected chi connectivity index (χ2v) is 6.97. The number of carboxylic acids is 1. The highest BCUT2D eigenvalue weighted by molar-refractivity contribution is 6.05. The van der Waals surface area contributed by atoms with Gasteiger partial charge in [0.25, 0.3) is 0 Å². The van der Waals surface area contributed by atoms with Crippen LogP contribution in [0.15, 0.2) is 58.9 Å². The number of aliphatic carboxylic acids is 1. The second kappa shape index (κ2) is 6.58. The number of allylic oxidation sites excluding steroid dienone is 3. The van der Waals surface area contributed by atoms with Crippen molar-refractivity contribution >= 4 is 22.5 Å². The third kappa shape index (κ3) is 2.70. The predicted molar refractivity (Wildman–Crippen MR) is 103 cm³/mol. The normalized spacial score (nSPS) is 19.8. The molecule has 4 rings (SSSR count). The molecule has 0 saturated carbocycles. The van der Waals surface area contributed by atoms with E-state index in [1.807, 2.05) is 36.4 Å².